The molecule has 2 atom stereocenters. The van der Waals surface area contributed by atoms with Crippen LogP contribution in [0.1, 0.15) is 42.8 Å². The van der Waals surface area contributed by atoms with Gasteiger partial charge in [-0.1, -0.05) is 18.2 Å². The Labute approximate surface area is 169 Å². The third-order valence-corrected chi connectivity index (χ3v) is 6.07. The molecule has 0 unspecified atom stereocenters. The second kappa shape index (κ2) is 7.03. The lowest BCUT2D eigenvalue weighted by atomic mass is 10.1. The number of carbonyl (C=O) groups excluding carboxylic acids is 2. The van der Waals surface area contributed by atoms with E-state index in [1.54, 1.807) is 4.90 Å². The van der Waals surface area contributed by atoms with Gasteiger partial charge >= 0.3 is 0 Å². The third kappa shape index (κ3) is 3.28. The van der Waals surface area contributed by atoms with E-state index in [2.05, 4.69) is 27.4 Å². The molecule has 1 aliphatic heterocycles. The van der Waals surface area contributed by atoms with Gasteiger partial charge in [0, 0.05) is 18.7 Å². The van der Waals surface area contributed by atoms with Gasteiger partial charge in [-0.3, -0.25) is 9.59 Å². The van der Waals surface area contributed by atoms with E-state index in [1.807, 2.05) is 37.3 Å². The lowest BCUT2D eigenvalue weighted by Gasteiger charge is -2.19. The number of anilines is 1. The highest BCUT2D eigenvalue weighted by atomic mass is 16.2. The van der Waals surface area contributed by atoms with Crippen LogP contribution < -0.4 is 10.2 Å². The van der Waals surface area contributed by atoms with E-state index in [9.17, 15) is 9.59 Å². The van der Waals surface area contributed by atoms with Gasteiger partial charge in [-0.05, 0) is 61.6 Å². The smallest absolute Gasteiger partial charge is 0.227 e. The summed E-state index contributed by atoms with van der Waals surface area (Å²) in [5.74, 6) is 0.288. The number of carbonyl (C=O) groups is 2. The van der Waals surface area contributed by atoms with E-state index >= 15 is 0 Å². The fourth-order valence-corrected chi connectivity index (χ4v) is 4.44. The van der Waals surface area contributed by atoms with Crippen molar-refractivity contribution in [3.63, 3.8) is 0 Å². The molecule has 0 spiro atoms. The van der Waals surface area contributed by atoms with Crippen LogP contribution in [0.4, 0.5) is 5.69 Å². The summed E-state index contributed by atoms with van der Waals surface area (Å²) < 4.78 is 0. The molecule has 3 aromatic rings. The Morgan fingerprint density at radius 3 is 2.90 bits per heavy atom. The van der Waals surface area contributed by atoms with Gasteiger partial charge < -0.3 is 15.2 Å². The van der Waals surface area contributed by atoms with Crippen molar-refractivity contribution >= 4 is 28.5 Å². The molecule has 2 heterocycles. The van der Waals surface area contributed by atoms with Crippen LogP contribution in [0.25, 0.3) is 11.0 Å². The molecule has 2 aliphatic rings. The number of benzene rings is 2. The molecule has 1 saturated heterocycles. The highest BCUT2D eigenvalue weighted by Gasteiger charge is 2.36. The Kier molecular flexibility index (Phi) is 4.34. The Hall–Kier alpha value is -3.15. The van der Waals surface area contributed by atoms with Crippen LogP contribution in [-0.4, -0.2) is 28.3 Å². The Morgan fingerprint density at radius 1 is 1.21 bits per heavy atom. The van der Waals surface area contributed by atoms with Gasteiger partial charge in [-0.25, -0.2) is 4.98 Å². The fourth-order valence-electron chi connectivity index (χ4n) is 4.44. The summed E-state index contributed by atoms with van der Waals surface area (Å²) in [6.07, 6.45) is 3.62. The number of H-pyrrole nitrogens is 1. The summed E-state index contributed by atoms with van der Waals surface area (Å²) in [6.45, 7) is 2.33. The molecular formula is C23H24N4O2. The summed E-state index contributed by atoms with van der Waals surface area (Å²) in [5, 5.41) is 3.02. The second-order valence-corrected chi connectivity index (χ2v) is 8.08. The van der Waals surface area contributed by atoms with Crippen molar-refractivity contribution in [1.29, 1.82) is 0 Å². The molecule has 1 fully saturated rings. The van der Waals surface area contributed by atoms with Crippen LogP contribution in [0.3, 0.4) is 0 Å². The first-order valence-electron chi connectivity index (χ1n) is 10.3. The zero-order chi connectivity index (χ0) is 20.0. The Balaban J connectivity index is 1.27. The topological polar surface area (TPSA) is 78.1 Å². The molecule has 29 heavy (non-hydrogen) atoms. The first-order chi connectivity index (χ1) is 14.1. The van der Waals surface area contributed by atoms with Crippen molar-refractivity contribution in [1.82, 2.24) is 15.3 Å². The maximum absolute atomic E-state index is 12.8. The van der Waals surface area contributed by atoms with Crippen molar-refractivity contribution in [2.45, 2.75) is 38.6 Å². The number of imidazole rings is 1. The van der Waals surface area contributed by atoms with Crippen LogP contribution in [-0.2, 0) is 22.4 Å². The van der Waals surface area contributed by atoms with Crippen LogP contribution in [0.5, 0.6) is 0 Å². The molecule has 1 aliphatic carbocycles. The molecule has 1 aromatic heterocycles. The first-order valence-corrected chi connectivity index (χ1v) is 10.3. The first kappa shape index (κ1) is 17.9. The summed E-state index contributed by atoms with van der Waals surface area (Å²) in [6, 6.07) is 13.8. The average molecular weight is 388 g/mol. The number of hydrogen-bond donors (Lipinski definition) is 2. The minimum absolute atomic E-state index is 0.0134. The maximum Gasteiger partial charge on any atom is 0.227 e. The molecular weight excluding hydrogens is 364 g/mol. The molecule has 2 amide bonds. The Morgan fingerprint density at radius 2 is 2.03 bits per heavy atom. The van der Waals surface area contributed by atoms with Gasteiger partial charge in [0.2, 0.25) is 11.8 Å². The number of rotatable bonds is 4. The minimum Gasteiger partial charge on any atom is -0.346 e. The van der Waals surface area contributed by atoms with E-state index in [0.717, 1.165) is 35.4 Å². The van der Waals surface area contributed by atoms with Gasteiger partial charge in [-0.15, -0.1) is 0 Å². The molecule has 2 aromatic carbocycles. The van der Waals surface area contributed by atoms with Gasteiger partial charge in [0.25, 0.3) is 0 Å². The molecule has 0 saturated carbocycles. The second-order valence-electron chi connectivity index (χ2n) is 8.08. The van der Waals surface area contributed by atoms with Crippen LogP contribution in [0.2, 0.25) is 0 Å². The van der Waals surface area contributed by atoms with Gasteiger partial charge in [0.1, 0.15) is 5.82 Å². The summed E-state index contributed by atoms with van der Waals surface area (Å²) >= 11 is 0. The van der Waals surface area contributed by atoms with E-state index in [0.29, 0.717) is 6.54 Å². The molecule has 0 bridgehead atoms. The molecule has 6 nitrogen and oxygen atoms in total. The summed E-state index contributed by atoms with van der Waals surface area (Å²) in [5.41, 5.74) is 5.46. The van der Waals surface area contributed by atoms with E-state index < -0.39 is 0 Å². The number of amides is 2. The van der Waals surface area contributed by atoms with Crippen molar-refractivity contribution in [2.24, 2.45) is 5.92 Å². The van der Waals surface area contributed by atoms with Crippen LogP contribution in [0, 0.1) is 5.92 Å². The van der Waals surface area contributed by atoms with Crippen molar-refractivity contribution in [3.05, 3.63) is 59.4 Å². The number of para-hydroxylation sites is 2. The number of hydrogen-bond acceptors (Lipinski definition) is 3. The number of nitrogens with one attached hydrogen (secondary N) is 2. The third-order valence-electron chi connectivity index (χ3n) is 6.07. The van der Waals surface area contributed by atoms with E-state index in [4.69, 9.17) is 0 Å². The zero-order valence-electron chi connectivity index (χ0n) is 16.4. The molecule has 5 rings (SSSR count). The van der Waals surface area contributed by atoms with E-state index in [1.165, 1.54) is 17.5 Å². The van der Waals surface area contributed by atoms with Gasteiger partial charge in [-0.2, -0.15) is 0 Å². The van der Waals surface area contributed by atoms with Crippen molar-refractivity contribution < 1.29 is 9.59 Å². The van der Waals surface area contributed by atoms with Gasteiger partial charge in [0.15, 0.2) is 0 Å². The zero-order valence-corrected chi connectivity index (χ0v) is 16.4. The van der Waals surface area contributed by atoms with Crippen molar-refractivity contribution in [3.8, 4) is 0 Å². The number of aromatic nitrogens is 2. The molecule has 148 valence electrons. The number of aryl methyl sites for hydroxylation is 2. The molecule has 2 N–H and O–H groups in total. The molecule has 0 radical (unpaired) electrons. The quantitative estimate of drug-likeness (QED) is 0.720. The highest BCUT2D eigenvalue weighted by Crippen LogP contribution is 2.31. The standard InChI is InChI=1S/C23H24N4O2/c1-14(22-25-19-7-2-3-8-20(19)26-22)24-23(29)17-12-21(28)27(13-17)18-10-9-15-5-4-6-16(15)11-18/h2-3,7-11,14,17H,4-6,12-13H2,1H3,(H,24,29)(H,25,26)/t14-,17-/m0/s1. The number of nitrogens with zero attached hydrogens (tertiary/aromatic N) is 2. The Bertz CT molecular complexity index is 1070. The highest BCUT2D eigenvalue weighted by molar-refractivity contribution is 6.00. The van der Waals surface area contributed by atoms with Gasteiger partial charge in [0.05, 0.1) is 23.0 Å². The SMILES string of the molecule is C[C@H](NC(=O)[C@H]1CC(=O)N(c2ccc3c(c2)CCC3)C1)c1nc2ccccc2[nH]1. The van der Waals surface area contributed by atoms with E-state index in [-0.39, 0.29) is 30.2 Å². The van der Waals surface area contributed by atoms with Crippen molar-refractivity contribution in [2.75, 3.05) is 11.4 Å². The minimum atomic E-state index is -0.345. The average Bonchev–Trinajstić information content (AvgIpc) is 3.44. The predicted octanol–water partition coefficient (Wildman–Crippen LogP) is 3.28. The van der Waals surface area contributed by atoms with Crippen LogP contribution in [0.15, 0.2) is 42.5 Å². The largest absolute Gasteiger partial charge is 0.346 e. The molecule has 6 heteroatoms. The van der Waals surface area contributed by atoms with Crippen LogP contribution >= 0.6 is 0 Å². The monoisotopic (exact) mass is 388 g/mol. The number of fused-ring (bicyclic) bond motifs is 2. The summed E-state index contributed by atoms with van der Waals surface area (Å²) in [4.78, 5) is 35.0. The maximum atomic E-state index is 12.8. The predicted molar refractivity (Wildman–Crippen MR) is 112 cm³/mol. The summed E-state index contributed by atoms with van der Waals surface area (Å²) in [7, 11) is 0. The lowest BCUT2D eigenvalue weighted by Crippen LogP contribution is -2.35. The normalized spacial score (nSPS) is 19.6. The lowest BCUT2D eigenvalue weighted by molar-refractivity contribution is -0.126. The number of aromatic amines is 1. The fraction of sp³-hybridized carbons (Fsp3) is 0.348.